The third kappa shape index (κ3) is 3.25. The largest absolute Gasteiger partial charge is 0.290 e. The Morgan fingerprint density at radius 1 is 1.38 bits per heavy atom. The molecule has 0 heterocycles. The standard InChI is InChI=1S/C10H14N2O/c1-2-10(12-13)11-8-9-6-4-3-5-7-9/h3-7,13H,2,8H2,1H3,(H,11,12). The van der Waals surface area contributed by atoms with Crippen LogP contribution in [0.4, 0.5) is 0 Å². The molecule has 0 aliphatic rings. The molecule has 0 atom stereocenters. The van der Waals surface area contributed by atoms with Crippen molar-refractivity contribution in [3.05, 3.63) is 35.9 Å². The molecule has 0 fully saturated rings. The number of hydrogen-bond donors (Lipinski definition) is 2. The van der Waals surface area contributed by atoms with Crippen LogP contribution < -0.4 is 5.48 Å². The molecule has 1 aromatic carbocycles. The Morgan fingerprint density at radius 2 is 2.08 bits per heavy atom. The lowest BCUT2D eigenvalue weighted by Crippen LogP contribution is -2.17. The molecule has 0 bridgehead atoms. The van der Waals surface area contributed by atoms with Crippen LogP contribution in [0.2, 0.25) is 0 Å². The van der Waals surface area contributed by atoms with Crippen LogP contribution in [0, 0.1) is 0 Å². The van der Waals surface area contributed by atoms with Crippen LogP contribution in [0.3, 0.4) is 0 Å². The van der Waals surface area contributed by atoms with Gasteiger partial charge in [-0.1, -0.05) is 37.3 Å². The van der Waals surface area contributed by atoms with Crippen molar-refractivity contribution in [2.75, 3.05) is 0 Å². The molecule has 0 amide bonds. The molecular weight excluding hydrogens is 164 g/mol. The molecule has 13 heavy (non-hydrogen) atoms. The summed E-state index contributed by atoms with van der Waals surface area (Å²) in [6.07, 6.45) is 0.712. The van der Waals surface area contributed by atoms with Crippen LogP contribution in [0.25, 0.3) is 0 Å². The maximum Gasteiger partial charge on any atom is 0.120 e. The summed E-state index contributed by atoms with van der Waals surface area (Å²) in [5, 5.41) is 8.62. The Hall–Kier alpha value is -1.35. The smallest absolute Gasteiger partial charge is 0.120 e. The first kappa shape index (κ1) is 9.74. The summed E-state index contributed by atoms with van der Waals surface area (Å²) in [7, 11) is 0. The van der Waals surface area contributed by atoms with Gasteiger partial charge in [-0.25, -0.2) is 0 Å². The van der Waals surface area contributed by atoms with Crippen molar-refractivity contribution in [3.8, 4) is 0 Å². The number of rotatable bonds is 3. The van der Waals surface area contributed by atoms with Crippen molar-refractivity contribution in [1.29, 1.82) is 0 Å². The SMILES string of the molecule is CCC(=NCc1ccccc1)NO. The second kappa shape index (κ2) is 5.32. The summed E-state index contributed by atoms with van der Waals surface area (Å²) < 4.78 is 0. The van der Waals surface area contributed by atoms with Gasteiger partial charge >= 0.3 is 0 Å². The molecule has 0 radical (unpaired) electrons. The maximum absolute atomic E-state index is 8.62. The van der Waals surface area contributed by atoms with E-state index in [1.165, 1.54) is 0 Å². The van der Waals surface area contributed by atoms with Crippen molar-refractivity contribution in [3.63, 3.8) is 0 Å². The van der Waals surface area contributed by atoms with Crippen molar-refractivity contribution in [2.45, 2.75) is 19.9 Å². The van der Waals surface area contributed by atoms with E-state index in [2.05, 4.69) is 10.5 Å². The van der Waals surface area contributed by atoms with E-state index in [-0.39, 0.29) is 0 Å². The fourth-order valence-electron chi connectivity index (χ4n) is 0.996. The van der Waals surface area contributed by atoms with Gasteiger partial charge in [0, 0.05) is 6.42 Å². The van der Waals surface area contributed by atoms with E-state index in [0.29, 0.717) is 18.8 Å². The highest BCUT2D eigenvalue weighted by molar-refractivity contribution is 5.80. The molecule has 0 aliphatic heterocycles. The average Bonchev–Trinajstić information content (AvgIpc) is 2.21. The van der Waals surface area contributed by atoms with Crippen LogP contribution in [-0.4, -0.2) is 11.0 Å². The predicted octanol–water partition coefficient (Wildman–Crippen LogP) is 1.97. The number of benzene rings is 1. The first-order valence-electron chi connectivity index (χ1n) is 4.34. The van der Waals surface area contributed by atoms with Crippen LogP contribution in [-0.2, 0) is 6.54 Å². The molecule has 2 N–H and O–H groups in total. The van der Waals surface area contributed by atoms with Gasteiger partial charge in [0.15, 0.2) is 0 Å². The highest BCUT2D eigenvalue weighted by Crippen LogP contribution is 2.00. The summed E-state index contributed by atoms with van der Waals surface area (Å²) in [4.78, 5) is 4.19. The minimum atomic E-state index is 0.609. The van der Waals surface area contributed by atoms with E-state index in [1.54, 1.807) is 0 Å². The van der Waals surface area contributed by atoms with Crippen LogP contribution in [0.5, 0.6) is 0 Å². The minimum absolute atomic E-state index is 0.609. The van der Waals surface area contributed by atoms with Gasteiger partial charge in [-0.15, -0.1) is 0 Å². The third-order valence-corrected chi connectivity index (χ3v) is 1.76. The molecule has 1 rings (SSSR count). The van der Waals surface area contributed by atoms with E-state index in [4.69, 9.17) is 5.21 Å². The lowest BCUT2D eigenvalue weighted by molar-refractivity contribution is 0.231. The summed E-state index contributed by atoms with van der Waals surface area (Å²) >= 11 is 0. The van der Waals surface area contributed by atoms with E-state index >= 15 is 0 Å². The van der Waals surface area contributed by atoms with Crippen LogP contribution in [0.1, 0.15) is 18.9 Å². The molecule has 3 nitrogen and oxygen atoms in total. The first-order chi connectivity index (χ1) is 6.36. The number of hydroxylamine groups is 1. The molecule has 3 heteroatoms. The van der Waals surface area contributed by atoms with Crippen LogP contribution in [0.15, 0.2) is 35.3 Å². The van der Waals surface area contributed by atoms with Crippen molar-refractivity contribution < 1.29 is 5.21 Å². The van der Waals surface area contributed by atoms with Gasteiger partial charge in [-0.3, -0.25) is 15.7 Å². The summed E-state index contributed by atoms with van der Waals surface area (Å²) in [5.74, 6) is 0.615. The molecule has 70 valence electrons. The van der Waals surface area contributed by atoms with E-state index < -0.39 is 0 Å². The van der Waals surface area contributed by atoms with Gasteiger partial charge in [0.2, 0.25) is 0 Å². The quantitative estimate of drug-likeness (QED) is 0.422. The predicted molar refractivity (Wildman–Crippen MR) is 52.8 cm³/mol. The Labute approximate surface area is 78.1 Å². The normalized spacial score (nSPS) is 11.4. The second-order valence-electron chi connectivity index (χ2n) is 2.71. The number of hydrogen-bond acceptors (Lipinski definition) is 2. The molecule has 0 saturated heterocycles. The lowest BCUT2D eigenvalue weighted by atomic mass is 10.2. The maximum atomic E-state index is 8.62. The molecule has 0 saturated carbocycles. The van der Waals surface area contributed by atoms with Gasteiger partial charge in [0.05, 0.1) is 6.54 Å². The van der Waals surface area contributed by atoms with Gasteiger partial charge in [0.25, 0.3) is 0 Å². The highest BCUT2D eigenvalue weighted by atomic mass is 16.5. The van der Waals surface area contributed by atoms with Crippen molar-refractivity contribution in [1.82, 2.24) is 5.48 Å². The van der Waals surface area contributed by atoms with Crippen molar-refractivity contribution in [2.24, 2.45) is 4.99 Å². The zero-order valence-corrected chi connectivity index (χ0v) is 7.70. The molecule has 0 aliphatic carbocycles. The van der Waals surface area contributed by atoms with Crippen LogP contribution >= 0.6 is 0 Å². The number of nitrogens with one attached hydrogen (secondary N) is 1. The fourth-order valence-corrected chi connectivity index (χ4v) is 0.996. The molecule has 0 unspecified atom stereocenters. The first-order valence-corrected chi connectivity index (χ1v) is 4.34. The van der Waals surface area contributed by atoms with Gasteiger partial charge in [0.1, 0.15) is 5.84 Å². The second-order valence-corrected chi connectivity index (χ2v) is 2.71. The summed E-state index contributed by atoms with van der Waals surface area (Å²) in [6.45, 7) is 2.55. The van der Waals surface area contributed by atoms with E-state index in [1.807, 2.05) is 37.3 Å². The lowest BCUT2D eigenvalue weighted by Gasteiger charge is -2.00. The van der Waals surface area contributed by atoms with Crippen molar-refractivity contribution >= 4 is 5.84 Å². The molecular formula is C10H14N2O. The topological polar surface area (TPSA) is 44.6 Å². The van der Waals surface area contributed by atoms with Gasteiger partial charge < -0.3 is 0 Å². The summed E-state index contributed by atoms with van der Waals surface area (Å²) in [5.41, 5.74) is 3.21. The Bertz CT molecular complexity index is 264. The van der Waals surface area contributed by atoms with Gasteiger partial charge in [-0.2, -0.15) is 0 Å². The Balaban J connectivity index is 2.55. The minimum Gasteiger partial charge on any atom is -0.290 e. The summed E-state index contributed by atoms with van der Waals surface area (Å²) in [6, 6.07) is 9.94. The highest BCUT2D eigenvalue weighted by Gasteiger charge is 1.92. The molecule has 0 spiro atoms. The molecule has 0 aromatic heterocycles. The third-order valence-electron chi connectivity index (χ3n) is 1.76. The van der Waals surface area contributed by atoms with E-state index in [0.717, 1.165) is 5.56 Å². The molecule has 1 aromatic rings. The Morgan fingerprint density at radius 3 is 2.62 bits per heavy atom. The van der Waals surface area contributed by atoms with Gasteiger partial charge in [-0.05, 0) is 5.56 Å². The van der Waals surface area contributed by atoms with E-state index in [9.17, 15) is 0 Å². The zero-order valence-electron chi connectivity index (χ0n) is 7.70. The number of nitrogens with zero attached hydrogens (tertiary/aromatic N) is 1. The Kier molecular flexibility index (Phi) is 3.99. The fraction of sp³-hybridized carbons (Fsp3) is 0.300. The number of amidine groups is 1. The number of aliphatic imine (C=N–C) groups is 1. The average molecular weight is 178 g/mol. The zero-order chi connectivity index (χ0) is 9.52. The monoisotopic (exact) mass is 178 g/mol.